The van der Waals surface area contributed by atoms with Crippen LogP contribution in [0.3, 0.4) is 0 Å². The van der Waals surface area contributed by atoms with E-state index in [1.807, 2.05) is 0 Å². The minimum atomic E-state index is -4.76. The number of amides is 1. The standard InChI is InChI=1S/C16H11ClF3N5O3/c17-13-14(8-1-2-8)24(23-15(13)16(18,19)20)7-12(26)22-11-4-3-10(25(27)28)5-9(11)6-21/h3-5,8H,1-2,7H2,(H,22,26). The predicted molar refractivity (Wildman–Crippen MR) is 90.7 cm³/mol. The molecular formula is C16H11ClF3N5O3. The van der Waals surface area contributed by atoms with E-state index in [9.17, 15) is 28.1 Å². The van der Waals surface area contributed by atoms with E-state index in [1.165, 1.54) is 6.07 Å². The lowest BCUT2D eigenvalue weighted by Crippen LogP contribution is -2.21. The zero-order chi connectivity index (χ0) is 20.6. The Bertz CT molecular complexity index is 1010. The molecule has 8 nitrogen and oxygen atoms in total. The number of hydrogen-bond donors (Lipinski definition) is 1. The number of carbonyl (C=O) groups excluding carboxylic acids is 1. The maximum Gasteiger partial charge on any atom is 0.436 e. The number of nitro benzene ring substituents is 1. The molecule has 1 amide bonds. The normalized spacial score (nSPS) is 13.8. The summed E-state index contributed by atoms with van der Waals surface area (Å²) in [7, 11) is 0. The zero-order valence-electron chi connectivity index (χ0n) is 14.0. The first-order valence-electron chi connectivity index (χ1n) is 7.93. The molecule has 1 aliphatic rings. The molecule has 1 saturated carbocycles. The molecule has 1 N–H and O–H groups in total. The highest BCUT2D eigenvalue weighted by atomic mass is 35.5. The van der Waals surface area contributed by atoms with Crippen LogP contribution in [-0.2, 0) is 17.5 Å². The number of anilines is 1. The lowest BCUT2D eigenvalue weighted by Gasteiger charge is -2.09. The number of halogens is 4. The van der Waals surface area contributed by atoms with Crippen molar-refractivity contribution in [3.05, 3.63) is 50.3 Å². The van der Waals surface area contributed by atoms with Crippen LogP contribution in [0.2, 0.25) is 5.02 Å². The molecule has 3 rings (SSSR count). The van der Waals surface area contributed by atoms with Gasteiger partial charge >= 0.3 is 6.18 Å². The van der Waals surface area contributed by atoms with E-state index in [0.29, 0.717) is 12.8 Å². The Morgan fingerprint density at radius 2 is 2.14 bits per heavy atom. The number of aromatic nitrogens is 2. The predicted octanol–water partition coefficient (Wildman–Crippen LogP) is 3.85. The number of alkyl halides is 3. The van der Waals surface area contributed by atoms with Crippen molar-refractivity contribution < 1.29 is 22.9 Å². The Balaban J connectivity index is 1.85. The van der Waals surface area contributed by atoms with Crippen molar-refractivity contribution in [2.75, 3.05) is 5.32 Å². The van der Waals surface area contributed by atoms with Crippen LogP contribution in [0.15, 0.2) is 18.2 Å². The van der Waals surface area contributed by atoms with Crippen LogP contribution in [0, 0.1) is 21.4 Å². The largest absolute Gasteiger partial charge is 0.436 e. The molecule has 0 saturated heterocycles. The molecule has 2 aromatic rings. The molecule has 1 heterocycles. The number of nitrogens with one attached hydrogen (secondary N) is 1. The molecule has 0 aliphatic heterocycles. The van der Waals surface area contributed by atoms with Crippen LogP contribution in [0.4, 0.5) is 24.5 Å². The highest BCUT2D eigenvalue weighted by molar-refractivity contribution is 6.32. The molecular weight excluding hydrogens is 403 g/mol. The Morgan fingerprint density at radius 3 is 2.68 bits per heavy atom. The van der Waals surface area contributed by atoms with E-state index < -0.39 is 34.3 Å². The minimum Gasteiger partial charge on any atom is -0.323 e. The summed E-state index contributed by atoms with van der Waals surface area (Å²) in [6.07, 6.45) is -3.47. The summed E-state index contributed by atoms with van der Waals surface area (Å²) >= 11 is 5.85. The average molecular weight is 414 g/mol. The number of benzene rings is 1. The highest BCUT2D eigenvalue weighted by Gasteiger charge is 2.42. The molecule has 0 bridgehead atoms. The SMILES string of the molecule is N#Cc1cc([N+](=O)[O-])ccc1NC(=O)Cn1nc(C(F)(F)F)c(Cl)c1C1CC1. The molecule has 28 heavy (non-hydrogen) atoms. The third kappa shape index (κ3) is 3.91. The van der Waals surface area contributed by atoms with Crippen molar-refractivity contribution in [1.29, 1.82) is 5.26 Å². The van der Waals surface area contributed by atoms with Crippen molar-refractivity contribution in [2.45, 2.75) is 31.5 Å². The van der Waals surface area contributed by atoms with Gasteiger partial charge in [-0.05, 0) is 18.9 Å². The van der Waals surface area contributed by atoms with E-state index in [4.69, 9.17) is 16.9 Å². The van der Waals surface area contributed by atoms with Gasteiger partial charge in [-0.3, -0.25) is 19.6 Å². The van der Waals surface area contributed by atoms with Crippen LogP contribution in [0.5, 0.6) is 0 Å². The highest BCUT2D eigenvalue weighted by Crippen LogP contribution is 2.46. The van der Waals surface area contributed by atoms with Gasteiger partial charge < -0.3 is 5.32 Å². The second-order valence-electron chi connectivity index (χ2n) is 6.12. The number of rotatable bonds is 5. The minimum absolute atomic E-state index is 0.000342. The summed E-state index contributed by atoms with van der Waals surface area (Å²) in [6.45, 7) is -0.552. The second kappa shape index (κ2) is 7.12. The molecule has 0 radical (unpaired) electrons. The number of nitrogens with zero attached hydrogens (tertiary/aromatic N) is 4. The Morgan fingerprint density at radius 1 is 1.46 bits per heavy atom. The molecule has 1 aromatic carbocycles. The third-order valence-electron chi connectivity index (χ3n) is 4.07. The van der Waals surface area contributed by atoms with Gasteiger partial charge in [-0.25, -0.2) is 0 Å². The fraction of sp³-hybridized carbons (Fsp3) is 0.312. The Kier molecular flexibility index (Phi) is 4.99. The summed E-state index contributed by atoms with van der Waals surface area (Å²) in [5.74, 6) is -0.946. The summed E-state index contributed by atoms with van der Waals surface area (Å²) in [5.41, 5.74) is -1.59. The van der Waals surface area contributed by atoms with Gasteiger partial charge in [0.1, 0.15) is 12.6 Å². The Labute approximate surface area is 160 Å². The van der Waals surface area contributed by atoms with Gasteiger partial charge in [-0.2, -0.15) is 23.5 Å². The summed E-state index contributed by atoms with van der Waals surface area (Å²) in [6, 6.07) is 4.98. The first kappa shape index (κ1) is 19.6. The van der Waals surface area contributed by atoms with Crippen molar-refractivity contribution >= 4 is 28.9 Å². The maximum atomic E-state index is 13.1. The molecule has 12 heteroatoms. The van der Waals surface area contributed by atoms with E-state index in [1.54, 1.807) is 6.07 Å². The van der Waals surface area contributed by atoms with Crippen molar-refractivity contribution in [3.8, 4) is 6.07 Å². The molecule has 146 valence electrons. The van der Waals surface area contributed by atoms with Crippen molar-refractivity contribution in [3.63, 3.8) is 0 Å². The van der Waals surface area contributed by atoms with Gasteiger partial charge in [0.05, 0.1) is 26.9 Å². The smallest absolute Gasteiger partial charge is 0.323 e. The topological polar surface area (TPSA) is 114 Å². The first-order valence-corrected chi connectivity index (χ1v) is 8.31. The third-order valence-corrected chi connectivity index (χ3v) is 4.44. The van der Waals surface area contributed by atoms with Crippen LogP contribution < -0.4 is 5.32 Å². The quantitative estimate of drug-likeness (QED) is 0.590. The van der Waals surface area contributed by atoms with E-state index in [0.717, 1.165) is 16.8 Å². The van der Waals surface area contributed by atoms with Crippen LogP contribution in [0.1, 0.15) is 35.7 Å². The monoisotopic (exact) mass is 413 g/mol. The fourth-order valence-corrected chi connectivity index (χ4v) is 3.07. The summed E-state index contributed by atoms with van der Waals surface area (Å²) in [4.78, 5) is 22.4. The molecule has 0 spiro atoms. The molecule has 0 unspecified atom stereocenters. The van der Waals surface area contributed by atoms with Crippen LogP contribution >= 0.6 is 11.6 Å². The first-order chi connectivity index (χ1) is 13.1. The van der Waals surface area contributed by atoms with Crippen LogP contribution in [0.25, 0.3) is 0 Å². The number of carbonyl (C=O) groups is 1. The summed E-state index contributed by atoms with van der Waals surface area (Å²) in [5, 5.41) is 25.1. The molecule has 1 aromatic heterocycles. The van der Waals surface area contributed by atoms with Crippen molar-refractivity contribution in [2.24, 2.45) is 0 Å². The number of nitriles is 1. The van der Waals surface area contributed by atoms with Gasteiger partial charge in [0.2, 0.25) is 5.91 Å². The van der Waals surface area contributed by atoms with Gasteiger partial charge in [0.25, 0.3) is 5.69 Å². The fourth-order valence-electron chi connectivity index (χ4n) is 2.67. The zero-order valence-corrected chi connectivity index (χ0v) is 14.7. The number of non-ortho nitro benzene ring substituents is 1. The second-order valence-corrected chi connectivity index (χ2v) is 6.50. The van der Waals surface area contributed by atoms with E-state index >= 15 is 0 Å². The molecule has 1 fully saturated rings. The van der Waals surface area contributed by atoms with Crippen LogP contribution in [-0.4, -0.2) is 20.6 Å². The van der Waals surface area contributed by atoms with Gasteiger partial charge in [0, 0.05) is 18.1 Å². The van der Waals surface area contributed by atoms with Gasteiger partial charge in [-0.1, -0.05) is 11.6 Å². The van der Waals surface area contributed by atoms with Gasteiger partial charge in [-0.15, -0.1) is 0 Å². The summed E-state index contributed by atoms with van der Waals surface area (Å²) < 4.78 is 40.1. The Hall–Kier alpha value is -3.13. The average Bonchev–Trinajstić information content (AvgIpc) is 3.38. The molecule has 0 atom stereocenters. The lowest BCUT2D eigenvalue weighted by molar-refractivity contribution is -0.384. The maximum absolute atomic E-state index is 13.1. The van der Waals surface area contributed by atoms with Crippen molar-refractivity contribution in [1.82, 2.24) is 9.78 Å². The van der Waals surface area contributed by atoms with E-state index in [2.05, 4.69) is 10.4 Å². The van der Waals surface area contributed by atoms with Gasteiger partial charge in [0.15, 0.2) is 5.69 Å². The number of hydrogen-bond acceptors (Lipinski definition) is 5. The molecule has 1 aliphatic carbocycles. The lowest BCUT2D eigenvalue weighted by atomic mass is 10.1. The van der Waals surface area contributed by atoms with E-state index in [-0.39, 0.29) is 28.6 Å². The number of nitro groups is 1.